The van der Waals surface area contributed by atoms with Crippen molar-refractivity contribution in [2.75, 3.05) is 19.7 Å². The number of Topliss-reactive ketones (excluding diaryl/α,β-unsaturated/α-hetero) is 1. The number of hydrogen-bond acceptors (Lipinski definition) is 4. The minimum absolute atomic E-state index is 0.264. The van der Waals surface area contributed by atoms with Gasteiger partial charge in [0.05, 0.1) is 24.1 Å². The second-order valence-electron chi connectivity index (χ2n) is 5.21. The minimum atomic E-state index is 0.264. The number of hydrogen-bond donors (Lipinski definition) is 0. The molecule has 3 nitrogen and oxygen atoms in total. The van der Waals surface area contributed by atoms with Crippen molar-refractivity contribution in [3.63, 3.8) is 0 Å². The van der Waals surface area contributed by atoms with Crippen LogP contribution in [0.5, 0.6) is 0 Å². The summed E-state index contributed by atoms with van der Waals surface area (Å²) < 4.78 is 5.77. The summed E-state index contributed by atoms with van der Waals surface area (Å²) in [5.41, 5.74) is 0. The zero-order valence-electron chi connectivity index (χ0n) is 10.7. The predicted molar refractivity (Wildman–Crippen MR) is 72.3 cm³/mol. The smallest absolute Gasteiger partial charge is 0.186 e. The van der Waals surface area contributed by atoms with Crippen molar-refractivity contribution in [1.29, 1.82) is 0 Å². The van der Waals surface area contributed by atoms with Crippen LogP contribution < -0.4 is 0 Å². The van der Waals surface area contributed by atoms with E-state index in [1.807, 2.05) is 19.1 Å². The van der Waals surface area contributed by atoms with Gasteiger partial charge in [-0.2, -0.15) is 0 Å². The molecule has 98 valence electrons. The molecule has 1 aliphatic carbocycles. The third-order valence-corrected chi connectivity index (χ3v) is 5.00. The molecule has 3 rings (SSSR count). The summed E-state index contributed by atoms with van der Waals surface area (Å²) in [7, 11) is 0. The molecule has 0 radical (unpaired) electrons. The van der Waals surface area contributed by atoms with Crippen LogP contribution in [0.1, 0.15) is 33.8 Å². The first-order valence-corrected chi connectivity index (χ1v) is 7.51. The maximum absolute atomic E-state index is 12.2. The van der Waals surface area contributed by atoms with Gasteiger partial charge in [0.2, 0.25) is 0 Å². The van der Waals surface area contributed by atoms with E-state index in [-0.39, 0.29) is 5.78 Å². The van der Waals surface area contributed by atoms with Crippen molar-refractivity contribution in [3.05, 3.63) is 21.9 Å². The summed E-state index contributed by atoms with van der Waals surface area (Å²) in [6.07, 6.45) is 3.95. The second kappa shape index (κ2) is 5.11. The molecule has 0 spiro atoms. The maximum atomic E-state index is 12.2. The van der Waals surface area contributed by atoms with Crippen LogP contribution >= 0.6 is 11.3 Å². The third-order valence-electron chi connectivity index (χ3n) is 3.96. The number of fused-ring (bicyclic) bond motifs is 1. The molecule has 0 bridgehead atoms. The van der Waals surface area contributed by atoms with Crippen molar-refractivity contribution in [2.45, 2.75) is 38.3 Å². The van der Waals surface area contributed by atoms with Gasteiger partial charge in [-0.3, -0.25) is 9.69 Å². The Labute approximate surface area is 112 Å². The average Bonchev–Trinajstić information content (AvgIpc) is 2.97. The lowest BCUT2D eigenvalue weighted by Crippen LogP contribution is -2.50. The summed E-state index contributed by atoms with van der Waals surface area (Å²) in [5, 5.41) is 0. The molecular formula is C14H19NO2S. The van der Waals surface area contributed by atoms with E-state index in [9.17, 15) is 4.79 Å². The van der Waals surface area contributed by atoms with E-state index >= 15 is 0 Å². The number of morpholine rings is 1. The Bertz CT molecular complexity index is 443. The van der Waals surface area contributed by atoms with Gasteiger partial charge in [0, 0.05) is 17.5 Å². The summed E-state index contributed by atoms with van der Waals surface area (Å²) in [4.78, 5) is 16.7. The Morgan fingerprint density at radius 3 is 3.17 bits per heavy atom. The van der Waals surface area contributed by atoms with Crippen molar-refractivity contribution in [2.24, 2.45) is 0 Å². The number of aryl methyl sites for hydroxylation is 1. The van der Waals surface area contributed by atoms with Gasteiger partial charge in [0.1, 0.15) is 0 Å². The Hall–Kier alpha value is -0.710. The van der Waals surface area contributed by atoms with Crippen LogP contribution in [0.3, 0.4) is 0 Å². The molecule has 1 aromatic rings. The highest BCUT2D eigenvalue weighted by molar-refractivity contribution is 7.14. The molecule has 2 aliphatic rings. The monoisotopic (exact) mass is 265 g/mol. The van der Waals surface area contributed by atoms with Gasteiger partial charge in [0.15, 0.2) is 5.78 Å². The van der Waals surface area contributed by atoms with E-state index in [0.717, 1.165) is 24.4 Å². The standard InChI is InChI=1S/C14H19NO2S/c1-10-5-6-14(18-10)12(16)9-15-7-8-17-13-4-2-3-11(13)15/h5-6,11,13H,2-4,7-9H2,1H3. The van der Waals surface area contributed by atoms with E-state index < -0.39 is 0 Å². The molecule has 1 aliphatic heterocycles. The first kappa shape index (κ1) is 12.3. The maximum Gasteiger partial charge on any atom is 0.186 e. The highest BCUT2D eigenvalue weighted by Gasteiger charge is 2.36. The number of rotatable bonds is 3. The van der Waals surface area contributed by atoms with Gasteiger partial charge in [-0.1, -0.05) is 0 Å². The van der Waals surface area contributed by atoms with Crippen molar-refractivity contribution < 1.29 is 9.53 Å². The highest BCUT2D eigenvalue weighted by atomic mass is 32.1. The van der Waals surface area contributed by atoms with Gasteiger partial charge in [-0.25, -0.2) is 0 Å². The fraction of sp³-hybridized carbons (Fsp3) is 0.643. The topological polar surface area (TPSA) is 29.5 Å². The zero-order chi connectivity index (χ0) is 12.5. The average molecular weight is 265 g/mol. The zero-order valence-corrected chi connectivity index (χ0v) is 11.5. The SMILES string of the molecule is Cc1ccc(C(=O)CN2CCOC3CCCC32)s1. The largest absolute Gasteiger partial charge is 0.375 e. The molecule has 4 heteroatoms. The van der Waals surface area contributed by atoms with E-state index in [1.165, 1.54) is 17.7 Å². The fourth-order valence-electron chi connectivity index (χ4n) is 3.05. The first-order chi connectivity index (χ1) is 8.74. The van der Waals surface area contributed by atoms with Gasteiger partial charge in [-0.15, -0.1) is 11.3 Å². The van der Waals surface area contributed by atoms with E-state index in [4.69, 9.17) is 4.74 Å². The van der Waals surface area contributed by atoms with Crippen LogP contribution in [0.25, 0.3) is 0 Å². The molecule has 2 atom stereocenters. The molecule has 0 aromatic carbocycles. The summed E-state index contributed by atoms with van der Waals surface area (Å²) in [5.74, 6) is 0.264. The van der Waals surface area contributed by atoms with Gasteiger partial charge in [0.25, 0.3) is 0 Å². The van der Waals surface area contributed by atoms with Crippen LogP contribution in [-0.4, -0.2) is 42.5 Å². The Kier molecular flexibility index (Phi) is 3.50. The minimum Gasteiger partial charge on any atom is -0.375 e. The molecule has 2 fully saturated rings. The van der Waals surface area contributed by atoms with Gasteiger partial charge >= 0.3 is 0 Å². The van der Waals surface area contributed by atoms with E-state index in [2.05, 4.69) is 4.90 Å². The van der Waals surface area contributed by atoms with Crippen LogP contribution in [0.2, 0.25) is 0 Å². The van der Waals surface area contributed by atoms with E-state index in [1.54, 1.807) is 11.3 Å². The number of nitrogens with zero attached hydrogens (tertiary/aromatic N) is 1. The third kappa shape index (κ3) is 2.37. The quantitative estimate of drug-likeness (QED) is 0.786. The molecule has 0 amide bonds. The van der Waals surface area contributed by atoms with Crippen molar-refractivity contribution in [3.8, 4) is 0 Å². The molecule has 18 heavy (non-hydrogen) atoms. The number of carbonyl (C=O) groups is 1. The van der Waals surface area contributed by atoms with Crippen LogP contribution in [0.15, 0.2) is 12.1 Å². The Morgan fingerprint density at radius 2 is 2.39 bits per heavy atom. The lowest BCUT2D eigenvalue weighted by molar-refractivity contribution is -0.0522. The van der Waals surface area contributed by atoms with Gasteiger partial charge in [-0.05, 0) is 38.3 Å². The number of ketones is 1. The van der Waals surface area contributed by atoms with E-state index in [0.29, 0.717) is 18.7 Å². The first-order valence-electron chi connectivity index (χ1n) is 6.69. The lowest BCUT2D eigenvalue weighted by atomic mass is 10.1. The fourth-order valence-corrected chi connectivity index (χ4v) is 3.85. The lowest BCUT2D eigenvalue weighted by Gasteiger charge is -2.37. The Balaban J connectivity index is 1.66. The molecule has 2 heterocycles. The molecule has 1 saturated heterocycles. The second-order valence-corrected chi connectivity index (χ2v) is 6.50. The van der Waals surface area contributed by atoms with Gasteiger partial charge < -0.3 is 4.74 Å². The molecule has 2 unspecified atom stereocenters. The van der Waals surface area contributed by atoms with Crippen LogP contribution in [0, 0.1) is 6.92 Å². The molecule has 1 saturated carbocycles. The summed E-state index contributed by atoms with van der Waals surface area (Å²) >= 11 is 1.60. The van der Waals surface area contributed by atoms with Crippen LogP contribution in [-0.2, 0) is 4.74 Å². The molecular weight excluding hydrogens is 246 g/mol. The Morgan fingerprint density at radius 1 is 1.50 bits per heavy atom. The summed E-state index contributed by atoms with van der Waals surface area (Å²) in [6.45, 7) is 4.28. The van der Waals surface area contributed by atoms with Crippen molar-refractivity contribution in [1.82, 2.24) is 4.90 Å². The molecule has 1 aromatic heterocycles. The number of carbonyl (C=O) groups excluding carboxylic acids is 1. The number of ether oxygens (including phenoxy) is 1. The predicted octanol–water partition coefficient (Wildman–Crippen LogP) is 2.49. The molecule has 0 N–H and O–H groups in total. The number of thiophene rings is 1. The normalized spacial score (nSPS) is 28.3. The highest BCUT2D eigenvalue weighted by Crippen LogP contribution is 2.29. The van der Waals surface area contributed by atoms with Crippen LogP contribution in [0.4, 0.5) is 0 Å². The summed E-state index contributed by atoms with van der Waals surface area (Å²) in [6, 6.07) is 4.45. The van der Waals surface area contributed by atoms with Crippen molar-refractivity contribution >= 4 is 17.1 Å².